The molecule has 0 aliphatic heterocycles. The molecule has 2 heterocycles. The number of hydrogen-bond donors (Lipinski definition) is 1. The Morgan fingerprint density at radius 3 is 2.72 bits per heavy atom. The van der Waals surface area contributed by atoms with Crippen molar-refractivity contribution in [3.63, 3.8) is 0 Å². The largest absolute Gasteiger partial charge is 0.333 e. The topological polar surface area (TPSA) is 70.5 Å². The van der Waals surface area contributed by atoms with E-state index in [0.717, 1.165) is 24.1 Å². The molecule has 0 saturated carbocycles. The van der Waals surface area contributed by atoms with E-state index in [4.69, 9.17) is 0 Å². The molecule has 1 amide bonds. The molecule has 0 atom stereocenters. The zero-order chi connectivity index (χ0) is 21.1. The number of aromatic nitrogens is 3. The lowest BCUT2D eigenvalue weighted by Crippen LogP contribution is -2.34. The average Bonchev–Trinajstić information content (AvgIpc) is 2.98. The molecule has 7 heteroatoms. The number of carbonyl (C=O) groups excluding carboxylic acids is 1. The summed E-state index contributed by atoms with van der Waals surface area (Å²) >= 11 is 0. The Balaban J connectivity index is 2.04. The monoisotopic (exact) mass is 398 g/mol. The van der Waals surface area contributed by atoms with Gasteiger partial charge in [-0.25, -0.2) is 13.9 Å². The molecule has 0 fully saturated rings. The number of fused-ring (bicyclic) bond motifs is 1. The highest BCUT2D eigenvalue weighted by Gasteiger charge is 2.22. The summed E-state index contributed by atoms with van der Waals surface area (Å²) in [5.74, 6) is -0.450. The van der Waals surface area contributed by atoms with Crippen LogP contribution in [0.2, 0.25) is 0 Å². The van der Waals surface area contributed by atoms with Gasteiger partial charge < -0.3 is 4.90 Å². The molecule has 0 radical (unpaired) electrons. The highest BCUT2D eigenvalue weighted by molar-refractivity contribution is 5.94. The van der Waals surface area contributed by atoms with E-state index in [1.807, 2.05) is 13.8 Å². The molecule has 3 rings (SSSR count). The van der Waals surface area contributed by atoms with Crippen LogP contribution in [0.4, 0.5) is 4.39 Å². The van der Waals surface area contributed by atoms with E-state index in [1.165, 1.54) is 28.8 Å². The fraction of sp³-hybridized carbons (Fsp3) is 0.409. The summed E-state index contributed by atoms with van der Waals surface area (Å²) in [6.07, 6.45) is 1.62. The first kappa shape index (κ1) is 20.8. The molecular formula is C22H27FN4O2. The third-order valence-electron chi connectivity index (χ3n) is 4.72. The number of halogens is 1. The van der Waals surface area contributed by atoms with Crippen molar-refractivity contribution >= 4 is 11.6 Å². The first-order valence-electron chi connectivity index (χ1n) is 9.95. The van der Waals surface area contributed by atoms with Crippen molar-refractivity contribution in [1.29, 1.82) is 0 Å². The molecule has 1 aromatic carbocycles. The Morgan fingerprint density at radius 1 is 1.31 bits per heavy atom. The van der Waals surface area contributed by atoms with Crippen LogP contribution in [0.5, 0.6) is 0 Å². The van der Waals surface area contributed by atoms with Crippen LogP contribution in [0.1, 0.15) is 54.5 Å². The molecular weight excluding hydrogens is 371 g/mol. The minimum absolute atomic E-state index is 0.178. The molecule has 29 heavy (non-hydrogen) atoms. The second-order valence-electron chi connectivity index (χ2n) is 7.80. The van der Waals surface area contributed by atoms with Crippen LogP contribution in [0.3, 0.4) is 0 Å². The molecule has 0 bridgehead atoms. The molecule has 3 aromatic rings. The number of amides is 1. The Hall–Kier alpha value is -2.96. The first-order valence-corrected chi connectivity index (χ1v) is 9.95. The number of benzene rings is 1. The van der Waals surface area contributed by atoms with Crippen LogP contribution in [0.25, 0.3) is 5.65 Å². The lowest BCUT2D eigenvalue weighted by atomic mass is 10.1. The molecule has 154 valence electrons. The molecule has 0 aliphatic rings. The van der Waals surface area contributed by atoms with Gasteiger partial charge in [0.15, 0.2) is 5.65 Å². The van der Waals surface area contributed by atoms with E-state index in [9.17, 15) is 14.0 Å². The van der Waals surface area contributed by atoms with Crippen LogP contribution in [-0.4, -0.2) is 31.9 Å². The van der Waals surface area contributed by atoms with Gasteiger partial charge in [-0.2, -0.15) is 0 Å². The lowest BCUT2D eigenvalue weighted by molar-refractivity contribution is 0.0719. The van der Waals surface area contributed by atoms with Gasteiger partial charge >= 0.3 is 0 Å². The normalized spacial score (nSPS) is 11.4. The van der Waals surface area contributed by atoms with Crippen LogP contribution in [-0.2, 0) is 13.0 Å². The number of aryl methyl sites for hydroxylation is 2. The van der Waals surface area contributed by atoms with Crippen molar-refractivity contribution in [1.82, 2.24) is 19.5 Å². The maximum absolute atomic E-state index is 13.6. The van der Waals surface area contributed by atoms with Gasteiger partial charge in [0.2, 0.25) is 0 Å². The summed E-state index contributed by atoms with van der Waals surface area (Å²) in [5.41, 5.74) is 3.12. The second kappa shape index (κ2) is 8.59. The van der Waals surface area contributed by atoms with E-state index in [2.05, 4.69) is 17.0 Å². The van der Waals surface area contributed by atoms with Gasteiger partial charge in [0.05, 0.1) is 12.2 Å². The summed E-state index contributed by atoms with van der Waals surface area (Å²) < 4.78 is 15.1. The Labute approximate surface area is 169 Å². The third-order valence-corrected chi connectivity index (χ3v) is 4.72. The third kappa shape index (κ3) is 4.55. The quantitative estimate of drug-likeness (QED) is 0.659. The zero-order valence-electron chi connectivity index (χ0n) is 17.3. The molecule has 6 nitrogen and oxygen atoms in total. The molecule has 0 aliphatic carbocycles. The molecule has 1 N–H and O–H groups in total. The van der Waals surface area contributed by atoms with Crippen molar-refractivity contribution in [2.24, 2.45) is 5.92 Å². The number of rotatable bonds is 7. The van der Waals surface area contributed by atoms with E-state index < -0.39 is 5.82 Å². The Morgan fingerprint density at radius 2 is 2.07 bits per heavy atom. The number of nitrogens with zero attached hydrogens (tertiary/aromatic N) is 3. The van der Waals surface area contributed by atoms with Crippen LogP contribution >= 0.6 is 0 Å². The summed E-state index contributed by atoms with van der Waals surface area (Å²) in [6, 6.07) is 7.21. The highest BCUT2D eigenvalue weighted by atomic mass is 19.1. The smallest absolute Gasteiger partial charge is 0.272 e. The van der Waals surface area contributed by atoms with Gasteiger partial charge in [0.25, 0.3) is 11.5 Å². The van der Waals surface area contributed by atoms with Crippen LogP contribution < -0.4 is 5.56 Å². The molecule has 0 spiro atoms. The number of carbonyl (C=O) groups is 1. The predicted octanol–water partition coefficient (Wildman–Crippen LogP) is 3.72. The number of aromatic amines is 1. The van der Waals surface area contributed by atoms with Gasteiger partial charge in [-0.3, -0.25) is 14.7 Å². The predicted molar refractivity (Wildman–Crippen MR) is 111 cm³/mol. The molecule has 0 saturated heterocycles. The van der Waals surface area contributed by atoms with Gasteiger partial charge in [0.1, 0.15) is 5.82 Å². The molecule has 0 unspecified atom stereocenters. The summed E-state index contributed by atoms with van der Waals surface area (Å²) in [7, 11) is 0. The highest BCUT2D eigenvalue weighted by Crippen LogP contribution is 2.19. The van der Waals surface area contributed by atoms with Gasteiger partial charge in [-0.1, -0.05) is 33.3 Å². The minimum atomic E-state index is -0.441. The minimum Gasteiger partial charge on any atom is -0.333 e. The van der Waals surface area contributed by atoms with Crippen molar-refractivity contribution in [3.05, 3.63) is 69.0 Å². The second-order valence-corrected chi connectivity index (χ2v) is 7.80. The van der Waals surface area contributed by atoms with E-state index >= 15 is 0 Å². The Kier molecular flexibility index (Phi) is 6.15. The Bertz CT molecular complexity index is 1080. The van der Waals surface area contributed by atoms with E-state index in [1.54, 1.807) is 17.9 Å². The van der Waals surface area contributed by atoms with Crippen molar-refractivity contribution < 1.29 is 9.18 Å². The summed E-state index contributed by atoms with van der Waals surface area (Å²) in [4.78, 5) is 31.7. The summed E-state index contributed by atoms with van der Waals surface area (Å²) in [6.45, 7) is 8.72. The van der Waals surface area contributed by atoms with Gasteiger partial charge in [-0.15, -0.1) is 0 Å². The zero-order valence-corrected chi connectivity index (χ0v) is 17.3. The van der Waals surface area contributed by atoms with E-state index in [-0.39, 0.29) is 17.4 Å². The van der Waals surface area contributed by atoms with Gasteiger partial charge in [0, 0.05) is 29.4 Å². The number of H-pyrrole nitrogens is 1. The fourth-order valence-corrected chi connectivity index (χ4v) is 3.54. The molecule has 2 aromatic heterocycles. The van der Waals surface area contributed by atoms with Crippen molar-refractivity contribution in [2.45, 2.75) is 47.1 Å². The average molecular weight is 398 g/mol. The first-order chi connectivity index (χ1) is 13.8. The summed E-state index contributed by atoms with van der Waals surface area (Å²) in [5, 5.41) is 3.14. The maximum atomic E-state index is 13.6. The van der Waals surface area contributed by atoms with Crippen LogP contribution in [0, 0.1) is 18.7 Å². The lowest BCUT2D eigenvalue weighted by Gasteiger charge is -2.24. The number of nitrogens with one attached hydrogen (secondary N) is 1. The standard InChI is InChI=1S/C22H27FN4O2/c1-5-7-18-19(25-27-20(28)10-15(4)24-21(18)27)13-26(12-14(2)3)22(29)16-8-6-9-17(23)11-16/h6,8-11,14,25H,5,7,12-13H2,1-4H3. The fourth-order valence-electron chi connectivity index (χ4n) is 3.54. The van der Waals surface area contributed by atoms with Crippen LogP contribution in [0.15, 0.2) is 35.1 Å². The van der Waals surface area contributed by atoms with Crippen molar-refractivity contribution in [3.8, 4) is 0 Å². The maximum Gasteiger partial charge on any atom is 0.272 e. The van der Waals surface area contributed by atoms with Gasteiger partial charge in [-0.05, 0) is 37.5 Å². The SMILES string of the molecule is CCCc1c(CN(CC(C)C)C(=O)c2cccc(F)c2)[nH]n2c(=O)cc(C)nc12. The number of hydrogen-bond acceptors (Lipinski definition) is 3. The van der Waals surface area contributed by atoms with E-state index in [0.29, 0.717) is 30.0 Å². The van der Waals surface area contributed by atoms with Crippen molar-refractivity contribution in [2.75, 3.05) is 6.54 Å².